The van der Waals surface area contributed by atoms with Gasteiger partial charge in [0, 0.05) is 5.54 Å². The lowest BCUT2D eigenvalue weighted by Gasteiger charge is -2.39. The number of carboxylic acids is 1. The van der Waals surface area contributed by atoms with Gasteiger partial charge in [0.15, 0.2) is 0 Å². The number of anilines is 1. The van der Waals surface area contributed by atoms with Crippen LogP contribution in [0.2, 0.25) is 0 Å². The SMILES string of the molecule is Cc1cccc(C(=O)O)c1NC(=O)NC1(C)CCC1. The summed E-state index contributed by atoms with van der Waals surface area (Å²) in [6.07, 6.45) is 3.03. The van der Waals surface area contributed by atoms with E-state index in [1.807, 2.05) is 6.92 Å². The molecule has 102 valence electrons. The second-order valence-electron chi connectivity index (χ2n) is 5.30. The molecule has 1 aliphatic carbocycles. The maximum Gasteiger partial charge on any atom is 0.337 e. The first-order chi connectivity index (χ1) is 8.91. The first-order valence-corrected chi connectivity index (χ1v) is 6.33. The predicted octanol–water partition coefficient (Wildman–Crippen LogP) is 2.76. The van der Waals surface area contributed by atoms with Gasteiger partial charge in [0.25, 0.3) is 0 Å². The second-order valence-corrected chi connectivity index (χ2v) is 5.30. The molecule has 19 heavy (non-hydrogen) atoms. The van der Waals surface area contributed by atoms with Crippen molar-refractivity contribution in [2.75, 3.05) is 5.32 Å². The van der Waals surface area contributed by atoms with E-state index in [0.29, 0.717) is 5.69 Å². The third kappa shape index (κ3) is 2.86. The van der Waals surface area contributed by atoms with Gasteiger partial charge < -0.3 is 15.7 Å². The number of carbonyl (C=O) groups excluding carboxylic acids is 1. The molecule has 0 unspecified atom stereocenters. The molecule has 3 N–H and O–H groups in total. The molecule has 1 aromatic rings. The number of amides is 2. The number of carbonyl (C=O) groups is 2. The van der Waals surface area contributed by atoms with Crippen LogP contribution in [0.5, 0.6) is 0 Å². The maximum atomic E-state index is 11.9. The Hall–Kier alpha value is -2.04. The molecule has 0 atom stereocenters. The van der Waals surface area contributed by atoms with Crippen LogP contribution in [0.25, 0.3) is 0 Å². The second kappa shape index (κ2) is 4.91. The van der Waals surface area contributed by atoms with Crippen LogP contribution in [0, 0.1) is 6.92 Å². The summed E-state index contributed by atoms with van der Waals surface area (Å²) in [7, 11) is 0. The van der Waals surface area contributed by atoms with E-state index < -0.39 is 5.97 Å². The molecule has 5 heteroatoms. The first-order valence-electron chi connectivity index (χ1n) is 6.33. The van der Waals surface area contributed by atoms with Gasteiger partial charge in [-0.25, -0.2) is 9.59 Å². The number of carboxylic acid groups (broad SMARTS) is 1. The average molecular weight is 262 g/mol. The van der Waals surface area contributed by atoms with E-state index >= 15 is 0 Å². The zero-order valence-corrected chi connectivity index (χ0v) is 11.1. The summed E-state index contributed by atoms with van der Waals surface area (Å²) in [4.78, 5) is 23.1. The van der Waals surface area contributed by atoms with Crippen molar-refractivity contribution in [1.82, 2.24) is 5.32 Å². The minimum atomic E-state index is -1.05. The van der Waals surface area contributed by atoms with Gasteiger partial charge >= 0.3 is 12.0 Å². The highest BCUT2D eigenvalue weighted by Gasteiger charge is 2.33. The van der Waals surface area contributed by atoms with Crippen LogP contribution >= 0.6 is 0 Å². The largest absolute Gasteiger partial charge is 0.478 e. The minimum Gasteiger partial charge on any atom is -0.478 e. The molecule has 0 heterocycles. The number of benzene rings is 1. The van der Waals surface area contributed by atoms with E-state index in [2.05, 4.69) is 10.6 Å². The van der Waals surface area contributed by atoms with Gasteiger partial charge in [-0.1, -0.05) is 12.1 Å². The van der Waals surface area contributed by atoms with Crippen molar-refractivity contribution >= 4 is 17.7 Å². The van der Waals surface area contributed by atoms with Crippen molar-refractivity contribution in [2.45, 2.75) is 38.6 Å². The Morgan fingerprint density at radius 2 is 2.00 bits per heavy atom. The molecule has 2 amide bonds. The molecule has 1 aliphatic rings. The molecule has 0 radical (unpaired) electrons. The van der Waals surface area contributed by atoms with Crippen molar-refractivity contribution in [3.63, 3.8) is 0 Å². The Morgan fingerprint density at radius 1 is 1.32 bits per heavy atom. The van der Waals surface area contributed by atoms with Crippen molar-refractivity contribution in [2.24, 2.45) is 0 Å². The van der Waals surface area contributed by atoms with Gasteiger partial charge in [-0.15, -0.1) is 0 Å². The third-order valence-electron chi connectivity index (χ3n) is 3.61. The van der Waals surface area contributed by atoms with E-state index in [1.54, 1.807) is 19.1 Å². The normalized spacial score (nSPS) is 16.3. The number of hydrogen-bond donors (Lipinski definition) is 3. The topological polar surface area (TPSA) is 78.4 Å². The standard InChI is InChI=1S/C14H18N2O3/c1-9-5-3-6-10(12(17)18)11(9)15-13(19)16-14(2)7-4-8-14/h3,5-6H,4,7-8H2,1-2H3,(H,17,18)(H2,15,16,19). The molecule has 1 fully saturated rings. The lowest BCUT2D eigenvalue weighted by Crippen LogP contribution is -2.52. The lowest BCUT2D eigenvalue weighted by molar-refractivity contribution is 0.0698. The van der Waals surface area contributed by atoms with Crippen molar-refractivity contribution in [3.05, 3.63) is 29.3 Å². The monoisotopic (exact) mass is 262 g/mol. The predicted molar refractivity (Wildman–Crippen MR) is 72.5 cm³/mol. The van der Waals surface area contributed by atoms with Gasteiger partial charge in [0.2, 0.25) is 0 Å². The molecule has 0 spiro atoms. The highest BCUT2D eigenvalue weighted by atomic mass is 16.4. The summed E-state index contributed by atoms with van der Waals surface area (Å²) in [5, 5.41) is 14.7. The maximum absolute atomic E-state index is 11.9. The number of urea groups is 1. The van der Waals surface area contributed by atoms with Crippen LogP contribution in [0.15, 0.2) is 18.2 Å². The Labute approximate surface area is 112 Å². The van der Waals surface area contributed by atoms with Crippen molar-refractivity contribution < 1.29 is 14.7 Å². The van der Waals surface area contributed by atoms with Gasteiger partial charge in [0.1, 0.15) is 0 Å². The molecule has 0 aliphatic heterocycles. The summed E-state index contributed by atoms with van der Waals surface area (Å²) < 4.78 is 0. The zero-order chi connectivity index (χ0) is 14.0. The summed E-state index contributed by atoms with van der Waals surface area (Å²) in [5.41, 5.74) is 1.04. The lowest BCUT2D eigenvalue weighted by atomic mass is 9.79. The van der Waals surface area contributed by atoms with Gasteiger partial charge in [-0.3, -0.25) is 0 Å². The van der Waals surface area contributed by atoms with E-state index in [4.69, 9.17) is 5.11 Å². The quantitative estimate of drug-likeness (QED) is 0.783. The smallest absolute Gasteiger partial charge is 0.337 e. The van der Waals surface area contributed by atoms with Crippen LogP contribution < -0.4 is 10.6 Å². The van der Waals surface area contributed by atoms with E-state index in [1.165, 1.54) is 6.07 Å². The fourth-order valence-electron chi connectivity index (χ4n) is 2.26. The minimum absolute atomic E-state index is 0.105. The first kappa shape index (κ1) is 13.4. The third-order valence-corrected chi connectivity index (χ3v) is 3.61. The molecule has 0 bridgehead atoms. The summed E-state index contributed by atoms with van der Waals surface area (Å²) in [5.74, 6) is -1.05. The number of nitrogens with one attached hydrogen (secondary N) is 2. The molecule has 2 rings (SSSR count). The van der Waals surface area contributed by atoms with Gasteiger partial charge in [-0.2, -0.15) is 0 Å². The highest BCUT2D eigenvalue weighted by Crippen LogP contribution is 2.31. The summed E-state index contributed by atoms with van der Waals surface area (Å²) in [6.45, 7) is 3.76. The Balaban J connectivity index is 2.14. The van der Waals surface area contributed by atoms with E-state index in [0.717, 1.165) is 24.8 Å². The summed E-state index contributed by atoms with van der Waals surface area (Å²) in [6, 6.07) is 4.57. The average Bonchev–Trinajstić information content (AvgIpc) is 2.29. The molecular formula is C14H18N2O3. The van der Waals surface area contributed by atoms with Crippen LogP contribution in [0.3, 0.4) is 0 Å². The summed E-state index contributed by atoms with van der Waals surface area (Å²) >= 11 is 0. The van der Waals surface area contributed by atoms with Crippen molar-refractivity contribution in [3.8, 4) is 0 Å². The molecule has 1 saturated carbocycles. The Kier molecular flexibility index (Phi) is 3.46. The zero-order valence-electron chi connectivity index (χ0n) is 11.1. The fraction of sp³-hybridized carbons (Fsp3) is 0.429. The van der Waals surface area contributed by atoms with E-state index in [9.17, 15) is 9.59 Å². The van der Waals surface area contributed by atoms with Crippen LogP contribution in [-0.4, -0.2) is 22.6 Å². The molecule has 0 aromatic heterocycles. The molecule has 5 nitrogen and oxygen atoms in total. The fourth-order valence-corrected chi connectivity index (χ4v) is 2.26. The van der Waals surface area contributed by atoms with Gasteiger partial charge in [-0.05, 0) is 44.7 Å². The van der Waals surface area contributed by atoms with Crippen LogP contribution in [-0.2, 0) is 0 Å². The van der Waals surface area contributed by atoms with Crippen LogP contribution in [0.4, 0.5) is 10.5 Å². The molecular weight excluding hydrogens is 244 g/mol. The molecule has 1 aromatic carbocycles. The number of para-hydroxylation sites is 1. The highest BCUT2D eigenvalue weighted by molar-refractivity contribution is 6.01. The number of aryl methyl sites for hydroxylation is 1. The van der Waals surface area contributed by atoms with Crippen LogP contribution in [0.1, 0.15) is 42.1 Å². The van der Waals surface area contributed by atoms with Crippen molar-refractivity contribution in [1.29, 1.82) is 0 Å². The van der Waals surface area contributed by atoms with E-state index in [-0.39, 0.29) is 17.1 Å². The molecule has 0 saturated heterocycles. The Morgan fingerprint density at radius 3 is 2.53 bits per heavy atom. The number of hydrogen-bond acceptors (Lipinski definition) is 2. The van der Waals surface area contributed by atoms with Gasteiger partial charge in [0.05, 0.1) is 11.3 Å². The number of aromatic carboxylic acids is 1. The number of rotatable bonds is 3. The Bertz CT molecular complexity index is 521.